The van der Waals surface area contributed by atoms with Crippen molar-refractivity contribution in [1.82, 2.24) is 18.7 Å². The Morgan fingerprint density at radius 1 is 0.597 bits per heavy atom. The van der Waals surface area contributed by atoms with Crippen molar-refractivity contribution in [3.63, 3.8) is 0 Å². The molecule has 12 rings (SSSR count). The fraction of sp³-hybridized carbons (Fsp3) is 0.0678. The molecule has 0 aliphatic heterocycles. The fourth-order valence-electron chi connectivity index (χ4n) is 9.41. The second-order valence-electron chi connectivity index (χ2n) is 17.6. The summed E-state index contributed by atoms with van der Waals surface area (Å²) in [5, 5.41) is 14.2. The molecule has 4 aromatic heterocycles. The summed E-state index contributed by atoms with van der Waals surface area (Å²) >= 11 is 0. The molecule has 0 spiro atoms. The third-order valence-electron chi connectivity index (χ3n) is 12.6. The molecule has 0 atom stereocenters. The Kier molecular flexibility index (Phi) is 10.2. The molecule has 324 valence electrons. The normalized spacial score (nSPS) is 11.7. The maximum absolute atomic E-state index is 9.71. The van der Waals surface area contributed by atoms with E-state index in [2.05, 4.69) is 186 Å². The van der Waals surface area contributed by atoms with E-state index >= 15 is 0 Å². The van der Waals surface area contributed by atoms with Crippen molar-refractivity contribution >= 4 is 54.6 Å². The third-order valence-corrected chi connectivity index (χ3v) is 12.6. The summed E-state index contributed by atoms with van der Waals surface area (Å²) in [4.78, 5) is 4.85. The molecule has 8 aromatic carbocycles. The van der Waals surface area contributed by atoms with Gasteiger partial charge in [0.25, 0.3) is 6.33 Å². The van der Waals surface area contributed by atoms with Crippen molar-refractivity contribution in [3.05, 3.63) is 218 Å². The summed E-state index contributed by atoms with van der Waals surface area (Å²) in [6.07, 6.45) is 5.68. The number of hydrogen-bond donors (Lipinski definition) is 0. The van der Waals surface area contributed by atoms with Gasteiger partial charge in [-0.2, -0.15) is 23.5 Å². The maximum atomic E-state index is 9.71. The Hall–Kier alpha value is -8.04. The first-order valence-electron chi connectivity index (χ1n) is 22.0. The number of fused-ring (bicyclic) bond motifs is 7. The number of rotatable bonds is 7. The number of hydrogen-bond acceptors (Lipinski definition) is 3. The molecule has 0 saturated heterocycles. The number of pyridine rings is 1. The van der Waals surface area contributed by atoms with Crippen LogP contribution in [0.4, 0.5) is 0 Å². The number of imidazole rings is 1. The summed E-state index contributed by atoms with van der Waals surface area (Å²) in [6.45, 7) is 6.65. The maximum Gasteiger partial charge on any atom is 0.268 e. The van der Waals surface area contributed by atoms with Gasteiger partial charge in [-0.25, -0.2) is 4.98 Å². The number of para-hydroxylation sites is 6. The summed E-state index contributed by atoms with van der Waals surface area (Å²) in [5.41, 5.74) is 12.5. The second kappa shape index (κ2) is 16.4. The standard InChI is InChI=1S/C59H40N6O.Pt/c1-59(2,3)41-32-33-61-57(34-41)65-52-22-9-6-18-48(52)49-31-30-44(36-56(49)65)66-43-15-12-14-42(35-43)62-38-63(54-24-11-10-23-53(54)62)58-45(40-28-26-39(37-60)27-29-40)19-13-25-55(58)64-50-20-7-4-16-46(50)47-17-5-8-21-51(47)64;/h4-34H,1-3H3;/q-2;. The zero-order chi connectivity index (χ0) is 44.5. The van der Waals surface area contributed by atoms with Gasteiger partial charge in [0.1, 0.15) is 5.82 Å². The minimum Gasteiger partial charge on any atom is -0.510 e. The Balaban J connectivity index is 0.00000494. The predicted molar refractivity (Wildman–Crippen MR) is 263 cm³/mol. The summed E-state index contributed by atoms with van der Waals surface area (Å²) in [6, 6.07) is 71.9. The number of aromatic nitrogens is 5. The van der Waals surface area contributed by atoms with E-state index in [4.69, 9.17) is 9.72 Å². The first-order chi connectivity index (χ1) is 32.3. The quantitative estimate of drug-likeness (QED) is 0.118. The van der Waals surface area contributed by atoms with Crippen LogP contribution in [0, 0.1) is 29.8 Å². The molecule has 0 aliphatic rings. The van der Waals surface area contributed by atoms with Crippen LogP contribution in [0.2, 0.25) is 0 Å². The molecule has 0 radical (unpaired) electrons. The van der Waals surface area contributed by atoms with Gasteiger partial charge in [0, 0.05) is 55.1 Å². The van der Waals surface area contributed by atoms with Gasteiger partial charge < -0.3 is 18.4 Å². The molecule has 0 N–H and O–H groups in total. The van der Waals surface area contributed by atoms with E-state index in [-0.39, 0.29) is 26.5 Å². The van der Waals surface area contributed by atoms with E-state index in [1.807, 2.05) is 65.4 Å². The van der Waals surface area contributed by atoms with E-state index in [1.165, 1.54) is 16.3 Å². The van der Waals surface area contributed by atoms with Gasteiger partial charge in [0.2, 0.25) is 0 Å². The SMILES string of the molecule is CC(C)(C)c1ccnc(-n2c3[c-]c(Oc4[c-]c(-n5[c-][n+](-c6c(-c7ccc(C#N)cc7)cccc6-n6c7ccccc7c7ccccc76)c6ccccc65)ccc4)ccc3c3ccccc32)c1.[Pt]. The van der Waals surface area contributed by atoms with Gasteiger partial charge in [0.15, 0.2) is 0 Å². The van der Waals surface area contributed by atoms with Crippen LogP contribution < -0.4 is 9.30 Å². The molecule has 0 fully saturated rings. The van der Waals surface area contributed by atoms with Gasteiger partial charge in [-0.05, 0) is 81.7 Å². The van der Waals surface area contributed by atoms with Crippen molar-refractivity contribution in [3.8, 4) is 51.6 Å². The van der Waals surface area contributed by atoms with Crippen molar-refractivity contribution < 1.29 is 30.4 Å². The molecule has 0 unspecified atom stereocenters. The largest absolute Gasteiger partial charge is 0.510 e. The van der Waals surface area contributed by atoms with Crippen molar-refractivity contribution in [2.24, 2.45) is 0 Å². The molecule has 7 nitrogen and oxygen atoms in total. The summed E-state index contributed by atoms with van der Waals surface area (Å²) < 4.78 is 15.4. The second-order valence-corrected chi connectivity index (χ2v) is 17.6. The molecule has 0 amide bonds. The smallest absolute Gasteiger partial charge is 0.268 e. The van der Waals surface area contributed by atoms with Crippen LogP contribution in [0.25, 0.3) is 88.7 Å². The Labute approximate surface area is 402 Å². The van der Waals surface area contributed by atoms with Crippen LogP contribution in [0.1, 0.15) is 31.9 Å². The number of nitrogens with zero attached hydrogens (tertiary/aromatic N) is 6. The molecule has 4 heterocycles. The molecule has 0 saturated carbocycles. The van der Waals surface area contributed by atoms with E-state index in [9.17, 15) is 5.26 Å². The minimum absolute atomic E-state index is 0. The van der Waals surface area contributed by atoms with Gasteiger partial charge in [-0.1, -0.05) is 129 Å². The van der Waals surface area contributed by atoms with Gasteiger partial charge >= 0.3 is 0 Å². The first-order valence-corrected chi connectivity index (χ1v) is 22.0. The molecule has 8 heteroatoms. The Bertz CT molecular complexity index is 3870. The fourth-order valence-corrected chi connectivity index (χ4v) is 9.41. The topological polar surface area (TPSA) is 64.6 Å². The van der Waals surface area contributed by atoms with Crippen LogP contribution in [-0.2, 0) is 26.5 Å². The Morgan fingerprint density at radius 2 is 1.22 bits per heavy atom. The Morgan fingerprint density at radius 3 is 1.93 bits per heavy atom. The van der Waals surface area contributed by atoms with Crippen LogP contribution in [-0.4, -0.2) is 18.7 Å². The number of ether oxygens (including phenoxy) is 1. The summed E-state index contributed by atoms with van der Waals surface area (Å²) in [7, 11) is 0. The van der Waals surface area contributed by atoms with Crippen LogP contribution in [0.15, 0.2) is 188 Å². The van der Waals surface area contributed by atoms with Crippen LogP contribution in [0.3, 0.4) is 0 Å². The minimum atomic E-state index is -0.0416. The average molecular weight is 1040 g/mol. The van der Waals surface area contributed by atoms with Crippen molar-refractivity contribution in [1.29, 1.82) is 5.26 Å². The van der Waals surface area contributed by atoms with E-state index in [1.54, 1.807) is 0 Å². The van der Waals surface area contributed by atoms with Gasteiger partial charge in [-0.15, -0.1) is 29.7 Å². The van der Waals surface area contributed by atoms with E-state index < -0.39 is 0 Å². The monoisotopic (exact) mass is 1040 g/mol. The molecule has 0 bridgehead atoms. The van der Waals surface area contributed by atoms with Crippen LogP contribution >= 0.6 is 0 Å². The van der Waals surface area contributed by atoms with Gasteiger partial charge in [0.05, 0.1) is 45.1 Å². The molecular formula is C59H40N6OPt-2. The first kappa shape index (κ1) is 41.6. The number of benzene rings is 8. The molecule has 67 heavy (non-hydrogen) atoms. The predicted octanol–water partition coefficient (Wildman–Crippen LogP) is 13.5. The summed E-state index contributed by atoms with van der Waals surface area (Å²) in [5.74, 6) is 1.94. The van der Waals surface area contributed by atoms with Crippen molar-refractivity contribution in [2.45, 2.75) is 26.2 Å². The van der Waals surface area contributed by atoms with Gasteiger partial charge in [-0.3, -0.25) is 4.57 Å². The molecular weight excluding hydrogens is 1000 g/mol. The van der Waals surface area contributed by atoms with E-state index in [0.29, 0.717) is 17.1 Å². The third kappa shape index (κ3) is 7.01. The zero-order valence-electron chi connectivity index (χ0n) is 36.8. The molecule has 0 aliphatic carbocycles. The number of nitriles is 1. The van der Waals surface area contributed by atoms with Crippen molar-refractivity contribution in [2.75, 3.05) is 0 Å². The van der Waals surface area contributed by atoms with E-state index in [0.717, 1.165) is 77.9 Å². The molecule has 12 aromatic rings. The average Bonchev–Trinajstić information content (AvgIpc) is 4.02. The van der Waals surface area contributed by atoms with Crippen LogP contribution in [0.5, 0.6) is 11.5 Å². The zero-order valence-corrected chi connectivity index (χ0v) is 39.1.